The molecule has 6 heteroatoms. The zero-order valence-electron chi connectivity index (χ0n) is 49.9. The van der Waals surface area contributed by atoms with E-state index in [9.17, 15) is 14.4 Å². The van der Waals surface area contributed by atoms with Gasteiger partial charge in [-0.1, -0.05) is 327 Å². The molecule has 0 aliphatic rings. The molecule has 0 aliphatic heterocycles. The molecule has 0 aliphatic carbocycles. The van der Waals surface area contributed by atoms with Crippen molar-refractivity contribution in [1.29, 1.82) is 0 Å². The second-order valence-corrected chi connectivity index (χ2v) is 22.4. The Bertz CT molecular complexity index is 1240. The molecule has 434 valence electrons. The van der Waals surface area contributed by atoms with E-state index in [1.807, 2.05) is 0 Å². The molecular formula is C68H126O6. The molecular weight excluding hydrogens is 913 g/mol. The van der Waals surface area contributed by atoms with Crippen molar-refractivity contribution in [3.8, 4) is 0 Å². The van der Waals surface area contributed by atoms with Gasteiger partial charge in [0.2, 0.25) is 0 Å². The molecule has 0 saturated heterocycles. The molecule has 0 spiro atoms. The van der Waals surface area contributed by atoms with Crippen LogP contribution < -0.4 is 0 Å². The summed E-state index contributed by atoms with van der Waals surface area (Å²) in [7, 11) is 0. The predicted octanol–water partition coefficient (Wildman–Crippen LogP) is 22.4. The minimum absolute atomic E-state index is 0.0740. The highest BCUT2D eigenvalue weighted by Crippen LogP contribution is 2.18. The molecule has 0 bridgehead atoms. The first-order valence-electron chi connectivity index (χ1n) is 33.0. The predicted molar refractivity (Wildman–Crippen MR) is 321 cm³/mol. The normalized spacial score (nSPS) is 12.2. The van der Waals surface area contributed by atoms with Gasteiger partial charge < -0.3 is 14.2 Å². The summed E-state index contributed by atoms with van der Waals surface area (Å²) in [6.07, 6.45) is 77.4. The average Bonchev–Trinajstić information content (AvgIpc) is 3.40. The zero-order valence-corrected chi connectivity index (χ0v) is 49.9. The maximum Gasteiger partial charge on any atom is 0.306 e. The highest BCUT2D eigenvalue weighted by Gasteiger charge is 2.19. The fourth-order valence-corrected chi connectivity index (χ4v) is 9.99. The van der Waals surface area contributed by atoms with Gasteiger partial charge in [-0.2, -0.15) is 0 Å². The van der Waals surface area contributed by atoms with Gasteiger partial charge in [-0.3, -0.25) is 14.4 Å². The van der Waals surface area contributed by atoms with Crippen LogP contribution in [0.4, 0.5) is 0 Å². The molecule has 0 heterocycles. The number of allylic oxidation sites excluding steroid dienone is 6. The minimum atomic E-state index is -0.778. The van der Waals surface area contributed by atoms with E-state index in [4.69, 9.17) is 14.2 Å². The van der Waals surface area contributed by atoms with Crippen LogP contribution in [0.15, 0.2) is 36.5 Å². The first-order valence-corrected chi connectivity index (χ1v) is 33.0. The summed E-state index contributed by atoms with van der Waals surface area (Å²) in [6.45, 7) is 6.58. The molecule has 74 heavy (non-hydrogen) atoms. The fourth-order valence-electron chi connectivity index (χ4n) is 9.99. The van der Waals surface area contributed by atoms with Gasteiger partial charge in [-0.05, 0) is 51.4 Å². The van der Waals surface area contributed by atoms with Crippen LogP contribution in [-0.4, -0.2) is 37.2 Å². The van der Waals surface area contributed by atoms with E-state index in [1.165, 1.54) is 225 Å². The van der Waals surface area contributed by atoms with Gasteiger partial charge in [0.15, 0.2) is 6.10 Å². The van der Waals surface area contributed by atoms with Crippen LogP contribution in [0, 0.1) is 0 Å². The van der Waals surface area contributed by atoms with Gasteiger partial charge in [0.25, 0.3) is 0 Å². The fraction of sp³-hybridized carbons (Fsp3) is 0.868. The van der Waals surface area contributed by atoms with Gasteiger partial charge >= 0.3 is 17.9 Å². The summed E-state index contributed by atoms with van der Waals surface area (Å²) < 4.78 is 16.9. The molecule has 1 atom stereocenters. The topological polar surface area (TPSA) is 78.9 Å². The molecule has 0 rings (SSSR count). The standard InChI is InChI=1S/C68H126O6/c1-4-7-10-13-16-19-22-25-28-29-30-31-32-33-34-35-36-37-38-39-41-43-46-49-52-55-58-61-67(70)73-64-65(63-72-66(69)60-57-54-51-48-45-42-27-24-21-18-15-12-9-6-3)74-68(71)62-59-56-53-50-47-44-40-26-23-20-17-14-11-8-5-2/h8,11,17,20,26,40,65H,4-7,9-10,12-16,18-19,21-25,27-39,41-64H2,1-3H3/b11-8-,20-17-,40-26-. The second kappa shape index (κ2) is 63.2. The Labute approximate surface area is 461 Å². The smallest absolute Gasteiger partial charge is 0.306 e. The summed E-state index contributed by atoms with van der Waals surface area (Å²) >= 11 is 0. The molecule has 0 N–H and O–H groups in total. The quantitative estimate of drug-likeness (QED) is 0.0261. The van der Waals surface area contributed by atoms with Gasteiger partial charge in [0.1, 0.15) is 13.2 Å². The van der Waals surface area contributed by atoms with E-state index < -0.39 is 6.10 Å². The summed E-state index contributed by atoms with van der Waals surface area (Å²) in [5.41, 5.74) is 0. The van der Waals surface area contributed by atoms with E-state index in [0.29, 0.717) is 19.3 Å². The summed E-state index contributed by atoms with van der Waals surface area (Å²) in [5, 5.41) is 0. The van der Waals surface area contributed by atoms with Crippen LogP contribution in [0.3, 0.4) is 0 Å². The number of hydrogen-bond acceptors (Lipinski definition) is 6. The van der Waals surface area contributed by atoms with E-state index in [0.717, 1.165) is 96.3 Å². The third-order valence-electron chi connectivity index (χ3n) is 14.9. The van der Waals surface area contributed by atoms with Crippen molar-refractivity contribution in [1.82, 2.24) is 0 Å². The van der Waals surface area contributed by atoms with Gasteiger partial charge in [0, 0.05) is 19.3 Å². The maximum absolute atomic E-state index is 12.9. The average molecular weight is 1040 g/mol. The first kappa shape index (κ1) is 71.6. The molecule has 0 radical (unpaired) electrons. The molecule has 0 saturated carbocycles. The Morgan fingerprint density at radius 3 is 0.824 bits per heavy atom. The maximum atomic E-state index is 12.9. The Morgan fingerprint density at radius 2 is 0.527 bits per heavy atom. The van der Waals surface area contributed by atoms with Crippen molar-refractivity contribution in [3.05, 3.63) is 36.5 Å². The molecule has 6 nitrogen and oxygen atoms in total. The summed E-state index contributed by atoms with van der Waals surface area (Å²) in [5.74, 6) is -0.866. The van der Waals surface area contributed by atoms with E-state index in [1.54, 1.807) is 0 Å². The molecule has 1 unspecified atom stereocenters. The van der Waals surface area contributed by atoms with Crippen LogP contribution in [0.25, 0.3) is 0 Å². The SMILES string of the molecule is CC/C=C\C/C=C\C/C=C\CCCCCCCC(=O)OC(COC(=O)CCCCCCCCCCCCCCCC)COC(=O)CCCCCCCCCCCCCCCCCCCCCCCCCCCCC. The molecule has 0 fully saturated rings. The van der Waals surface area contributed by atoms with Gasteiger partial charge in [0.05, 0.1) is 0 Å². The van der Waals surface area contributed by atoms with Crippen molar-refractivity contribution >= 4 is 17.9 Å². The number of unbranched alkanes of at least 4 members (excludes halogenated alkanes) is 44. The van der Waals surface area contributed by atoms with Crippen molar-refractivity contribution in [3.63, 3.8) is 0 Å². The van der Waals surface area contributed by atoms with Crippen LogP contribution in [0.2, 0.25) is 0 Å². The molecule has 0 aromatic rings. The van der Waals surface area contributed by atoms with E-state index in [2.05, 4.69) is 57.2 Å². The summed E-state index contributed by atoms with van der Waals surface area (Å²) in [6, 6.07) is 0. The lowest BCUT2D eigenvalue weighted by Gasteiger charge is -2.18. The Hall–Kier alpha value is -2.37. The first-order chi connectivity index (χ1) is 36.5. The summed E-state index contributed by atoms with van der Waals surface area (Å²) in [4.78, 5) is 38.3. The van der Waals surface area contributed by atoms with Crippen molar-refractivity contribution in [2.24, 2.45) is 0 Å². The van der Waals surface area contributed by atoms with Gasteiger partial charge in [-0.25, -0.2) is 0 Å². The minimum Gasteiger partial charge on any atom is -0.462 e. The number of hydrogen-bond donors (Lipinski definition) is 0. The number of ether oxygens (including phenoxy) is 3. The van der Waals surface area contributed by atoms with Crippen molar-refractivity contribution in [2.75, 3.05) is 13.2 Å². The van der Waals surface area contributed by atoms with Crippen LogP contribution in [0.5, 0.6) is 0 Å². The number of esters is 3. The highest BCUT2D eigenvalue weighted by molar-refractivity contribution is 5.71. The number of carbonyl (C=O) groups excluding carboxylic acids is 3. The Balaban J connectivity index is 4.19. The Kier molecular flexibility index (Phi) is 61.1. The monoisotopic (exact) mass is 1040 g/mol. The third kappa shape index (κ3) is 60.5. The highest BCUT2D eigenvalue weighted by atomic mass is 16.6. The van der Waals surface area contributed by atoms with E-state index in [-0.39, 0.29) is 31.1 Å². The molecule has 0 amide bonds. The zero-order chi connectivity index (χ0) is 53.6. The number of rotatable bonds is 61. The van der Waals surface area contributed by atoms with Gasteiger partial charge in [-0.15, -0.1) is 0 Å². The second-order valence-electron chi connectivity index (χ2n) is 22.4. The van der Waals surface area contributed by atoms with Crippen LogP contribution in [0.1, 0.15) is 361 Å². The van der Waals surface area contributed by atoms with Crippen LogP contribution in [-0.2, 0) is 28.6 Å². The van der Waals surface area contributed by atoms with Crippen LogP contribution >= 0.6 is 0 Å². The number of carbonyl (C=O) groups is 3. The lowest BCUT2D eigenvalue weighted by molar-refractivity contribution is -0.167. The molecule has 0 aromatic carbocycles. The lowest BCUT2D eigenvalue weighted by Crippen LogP contribution is -2.30. The largest absolute Gasteiger partial charge is 0.462 e. The Morgan fingerprint density at radius 1 is 0.284 bits per heavy atom. The third-order valence-corrected chi connectivity index (χ3v) is 14.9. The van der Waals surface area contributed by atoms with Crippen molar-refractivity contribution in [2.45, 2.75) is 367 Å². The van der Waals surface area contributed by atoms with E-state index >= 15 is 0 Å². The van der Waals surface area contributed by atoms with Crippen molar-refractivity contribution < 1.29 is 28.6 Å². The lowest BCUT2D eigenvalue weighted by atomic mass is 10.0. The molecule has 0 aromatic heterocycles.